The van der Waals surface area contributed by atoms with Crippen LogP contribution in [0.5, 0.6) is 0 Å². The molecule has 0 bridgehead atoms. The third-order valence-corrected chi connectivity index (χ3v) is 5.52. The predicted octanol–water partition coefficient (Wildman–Crippen LogP) is 5.03. The summed E-state index contributed by atoms with van der Waals surface area (Å²) in [6.07, 6.45) is 16.5. The van der Waals surface area contributed by atoms with Crippen LogP contribution in [0, 0.1) is 17.3 Å². The molecular formula is C22H36O3. The Balaban J connectivity index is 2.50. The van der Waals surface area contributed by atoms with Crippen molar-refractivity contribution in [1.29, 1.82) is 0 Å². The van der Waals surface area contributed by atoms with Gasteiger partial charge in [0, 0.05) is 12.3 Å². The highest BCUT2D eigenvalue weighted by Crippen LogP contribution is 2.35. The zero-order valence-corrected chi connectivity index (χ0v) is 16.2. The number of aldehydes is 1. The maximum absolute atomic E-state index is 12.2. The molecule has 3 atom stereocenters. The Hall–Kier alpha value is -1.22. The van der Waals surface area contributed by atoms with E-state index in [1.165, 1.54) is 6.08 Å². The van der Waals surface area contributed by atoms with Gasteiger partial charge in [-0.15, -0.1) is 0 Å². The summed E-state index contributed by atoms with van der Waals surface area (Å²) < 4.78 is 0. The van der Waals surface area contributed by atoms with E-state index in [1.807, 2.05) is 12.2 Å². The van der Waals surface area contributed by atoms with Gasteiger partial charge >= 0.3 is 0 Å². The Bertz CT molecular complexity index is 462. The zero-order chi connectivity index (χ0) is 18.7. The minimum Gasteiger partial charge on any atom is -0.388 e. The minimum absolute atomic E-state index is 0.109. The van der Waals surface area contributed by atoms with Gasteiger partial charge in [0.05, 0.1) is 6.10 Å². The second-order valence-corrected chi connectivity index (χ2v) is 8.05. The zero-order valence-electron chi connectivity index (χ0n) is 16.2. The maximum atomic E-state index is 12.2. The molecule has 25 heavy (non-hydrogen) atoms. The summed E-state index contributed by atoms with van der Waals surface area (Å²) in [6, 6.07) is 0. The van der Waals surface area contributed by atoms with E-state index in [0.29, 0.717) is 12.2 Å². The number of hydrogen-bond donors (Lipinski definition) is 1. The lowest BCUT2D eigenvalue weighted by Crippen LogP contribution is -2.27. The minimum atomic E-state index is -0.455. The fourth-order valence-electron chi connectivity index (χ4n) is 3.61. The van der Waals surface area contributed by atoms with Crippen LogP contribution in [0.1, 0.15) is 78.6 Å². The highest BCUT2D eigenvalue weighted by molar-refractivity contribution is 5.83. The number of ketones is 1. The van der Waals surface area contributed by atoms with E-state index in [1.54, 1.807) is 0 Å². The van der Waals surface area contributed by atoms with E-state index in [-0.39, 0.29) is 17.3 Å². The molecule has 0 spiro atoms. The maximum Gasteiger partial charge on any atom is 0.142 e. The molecule has 1 aliphatic rings. The third kappa shape index (κ3) is 7.68. The Morgan fingerprint density at radius 3 is 2.72 bits per heavy atom. The van der Waals surface area contributed by atoms with E-state index in [2.05, 4.69) is 26.8 Å². The van der Waals surface area contributed by atoms with Crippen LogP contribution in [0.15, 0.2) is 24.3 Å². The number of unbranched alkanes of at least 4 members (excludes halogenated alkanes) is 3. The van der Waals surface area contributed by atoms with Crippen LogP contribution >= 0.6 is 0 Å². The molecule has 0 aromatic carbocycles. The van der Waals surface area contributed by atoms with Gasteiger partial charge in [0.1, 0.15) is 12.1 Å². The molecule has 0 heterocycles. The van der Waals surface area contributed by atoms with Crippen molar-refractivity contribution >= 4 is 12.1 Å². The molecule has 0 radical (unpaired) electrons. The number of hydrogen-bond acceptors (Lipinski definition) is 3. The van der Waals surface area contributed by atoms with Gasteiger partial charge in [-0.3, -0.25) is 9.59 Å². The van der Waals surface area contributed by atoms with Gasteiger partial charge in [-0.05, 0) is 49.5 Å². The normalized spacial score (nSPS) is 23.0. The third-order valence-electron chi connectivity index (χ3n) is 5.52. The molecule has 1 N–H and O–H groups in total. The predicted molar refractivity (Wildman–Crippen MR) is 103 cm³/mol. The van der Waals surface area contributed by atoms with Crippen molar-refractivity contribution in [3.63, 3.8) is 0 Å². The van der Waals surface area contributed by atoms with Crippen LogP contribution in [0.3, 0.4) is 0 Å². The Labute approximate surface area is 153 Å². The molecule has 0 aromatic rings. The van der Waals surface area contributed by atoms with Gasteiger partial charge in [-0.1, -0.05) is 58.3 Å². The monoisotopic (exact) mass is 348 g/mol. The smallest absolute Gasteiger partial charge is 0.142 e. The molecule has 3 heteroatoms. The Morgan fingerprint density at radius 2 is 2.04 bits per heavy atom. The van der Waals surface area contributed by atoms with Crippen molar-refractivity contribution in [2.75, 3.05) is 0 Å². The van der Waals surface area contributed by atoms with Crippen molar-refractivity contribution in [3.05, 3.63) is 24.3 Å². The molecule has 142 valence electrons. The number of allylic oxidation sites excluding steroid dienone is 3. The Kier molecular flexibility index (Phi) is 9.96. The summed E-state index contributed by atoms with van der Waals surface area (Å²) >= 11 is 0. The summed E-state index contributed by atoms with van der Waals surface area (Å²) in [7, 11) is 0. The average Bonchev–Trinajstić information content (AvgIpc) is 2.94. The lowest BCUT2D eigenvalue weighted by atomic mass is 9.80. The van der Waals surface area contributed by atoms with Crippen molar-refractivity contribution < 1.29 is 14.7 Å². The number of Topliss-reactive ketones (excluding diaryl/α,β-unsaturated/α-hetero) is 1. The molecule has 1 aliphatic carbocycles. The van der Waals surface area contributed by atoms with Crippen molar-refractivity contribution in [1.82, 2.24) is 0 Å². The molecule has 0 saturated heterocycles. The second-order valence-electron chi connectivity index (χ2n) is 8.05. The molecule has 1 fully saturated rings. The van der Waals surface area contributed by atoms with Gasteiger partial charge in [0.25, 0.3) is 0 Å². The summed E-state index contributed by atoms with van der Waals surface area (Å²) in [5, 5.41) is 10.5. The summed E-state index contributed by atoms with van der Waals surface area (Å²) in [6.45, 7) is 6.39. The van der Waals surface area contributed by atoms with Crippen molar-refractivity contribution in [2.24, 2.45) is 17.3 Å². The lowest BCUT2D eigenvalue weighted by Gasteiger charge is -2.29. The standard InChI is InChI=1S/C22H36O3/c1-4-5-16-22(2,3)21(25)15-13-18-12-14-20(24)19(18)11-9-7-6-8-10-17-23/h8,10,13,15,17-19,21,25H,4-7,9,11-12,14,16H2,1-3H3/b10-8+,15-13+/t18-,19-,21-/m1/s1. The first kappa shape index (κ1) is 21.8. The van der Waals surface area contributed by atoms with Gasteiger partial charge in [-0.25, -0.2) is 0 Å². The highest BCUT2D eigenvalue weighted by Gasteiger charge is 2.33. The quantitative estimate of drug-likeness (QED) is 0.233. The van der Waals surface area contributed by atoms with E-state index < -0.39 is 6.10 Å². The first-order valence-corrected chi connectivity index (χ1v) is 9.91. The molecule has 3 nitrogen and oxygen atoms in total. The van der Waals surface area contributed by atoms with Crippen LogP contribution in [0.25, 0.3) is 0 Å². The van der Waals surface area contributed by atoms with Crippen LogP contribution < -0.4 is 0 Å². The SMILES string of the molecule is CCCCC(C)(C)[C@H](O)/C=C/[C@H]1CCC(=O)[C@@H]1CCCC/C=C/C=O. The van der Waals surface area contributed by atoms with Gasteiger partial charge < -0.3 is 5.11 Å². The average molecular weight is 349 g/mol. The number of aliphatic hydroxyl groups is 1. The number of rotatable bonds is 12. The van der Waals surface area contributed by atoms with Gasteiger partial charge in [0.2, 0.25) is 0 Å². The first-order valence-electron chi connectivity index (χ1n) is 9.91. The number of carbonyl (C=O) groups is 2. The van der Waals surface area contributed by atoms with Crippen molar-refractivity contribution in [2.45, 2.75) is 84.7 Å². The molecule has 0 aliphatic heterocycles. The molecule has 0 unspecified atom stereocenters. The first-order chi connectivity index (χ1) is 11.9. The molecular weight excluding hydrogens is 312 g/mol. The topological polar surface area (TPSA) is 54.4 Å². The number of aliphatic hydroxyl groups excluding tert-OH is 1. The summed E-state index contributed by atoms with van der Waals surface area (Å²) in [4.78, 5) is 22.4. The fraction of sp³-hybridized carbons (Fsp3) is 0.727. The lowest BCUT2D eigenvalue weighted by molar-refractivity contribution is -0.121. The van der Waals surface area contributed by atoms with Gasteiger partial charge in [0.15, 0.2) is 0 Å². The Morgan fingerprint density at radius 1 is 1.28 bits per heavy atom. The number of carbonyl (C=O) groups excluding carboxylic acids is 2. The highest BCUT2D eigenvalue weighted by atomic mass is 16.3. The summed E-state index contributed by atoms with van der Waals surface area (Å²) in [5.41, 5.74) is -0.116. The van der Waals surface area contributed by atoms with Crippen LogP contribution in [-0.2, 0) is 9.59 Å². The molecule has 0 amide bonds. The fourth-order valence-corrected chi connectivity index (χ4v) is 3.61. The molecule has 1 saturated carbocycles. The van der Waals surface area contributed by atoms with E-state index in [9.17, 15) is 14.7 Å². The second kappa shape index (κ2) is 11.4. The summed E-state index contributed by atoms with van der Waals surface area (Å²) in [5.74, 6) is 0.754. The van der Waals surface area contributed by atoms with Crippen LogP contribution in [-0.4, -0.2) is 23.3 Å². The molecule has 0 aromatic heterocycles. The van der Waals surface area contributed by atoms with Crippen LogP contribution in [0.4, 0.5) is 0 Å². The molecule has 1 rings (SSSR count). The largest absolute Gasteiger partial charge is 0.388 e. The van der Waals surface area contributed by atoms with Crippen LogP contribution in [0.2, 0.25) is 0 Å². The van der Waals surface area contributed by atoms with E-state index in [0.717, 1.165) is 57.7 Å². The van der Waals surface area contributed by atoms with E-state index >= 15 is 0 Å². The van der Waals surface area contributed by atoms with Gasteiger partial charge in [-0.2, -0.15) is 0 Å². The van der Waals surface area contributed by atoms with Crippen molar-refractivity contribution in [3.8, 4) is 0 Å². The van der Waals surface area contributed by atoms with E-state index in [4.69, 9.17) is 0 Å².